The van der Waals surface area contributed by atoms with Gasteiger partial charge in [-0.05, 0) is 17.7 Å². The Hall–Kier alpha value is -2.56. The minimum Gasteiger partial charge on any atom is -0.497 e. The zero-order valence-electron chi connectivity index (χ0n) is 16.6. The SMILES string of the molecule is COc1ccc(C(CC(F)(F)C(F)(F)C(F)(F)C(F)(F)C(F)(F)C(F)(F)C(F)(F)F)OC=O)cc1. The molecule has 202 valence electrons. The topological polar surface area (TPSA) is 35.5 Å². The minimum absolute atomic E-state index is 0.00491. The summed E-state index contributed by atoms with van der Waals surface area (Å²) in [4.78, 5) is 10.5. The predicted molar refractivity (Wildman–Crippen MR) is 83.2 cm³/mol. The third kappa shape index (κ3) is 4.79. The summed E-state index contributed by atoms with van der Waals surface area (Å²) in [5.41, 5.74) is -0.669. The fourth-order valence-corrected chi connectivity index (χ4v) is 2.49. The molecule has 0 aliphatic heterocycles. The number of carbonyl (C=O) groups is 1. The third-order valence-corrected chi connectivity index (χ3v) is 4.54. The molecule has 1 aromatic rings. The molecule has 18 heteroatoms. The number of hydrogen-bond acceptors (Lipinski definition) is 3. The van der Waals surface area contributed by atoms with Crippen LogP contribution in [0.25, 0.3) is 0 Å². The maximum absolute atomic E-state index is 14.1. The van der Waals surface area contributed by atoms with Crippen molar-refractivity contribution in [3.05, 3.63) is 29.8 Å². The van der Waals surface area contributed by atoms with Gasteiger partial charge in [-0.3, -0.25) is 4.79 Å². The van der Waals surface area contributed by atoms with Crippen LogP contribution in [-0.2, 0) is 9.53 Å². The monoisotopic (exact) mass is 548 g/mol. The smallest absolute Gasteiger partial charge is 0.460 e. The Morgan fingerprint density at radius 2 is 1.09 bits per heavy atom. The molecule has 0 aromatic heterocycles. The molecule has 0 aliphatic carbocycles. The van der Waals surface area contributed by atoms with Gasteiger partial charge in [-0.2, -0.15) is 65.9 Å². The molecule has 0 N–H and O–H groups in total. The van der Waals surface area contributed by atoms with Gasteiger partial charge in [-0.25, -0.2) is 0 Å². The number of carbonyl (C=O) groups excluding carboxylic acids is 1. The maximum Gasteiger partial charge on any atom is 0.460 e. The van der Waals surface area contributed by atoms with E-state index in [4.69, 9.17) is 0 Å². The molecule has 1 atom stereocenters. The van der Waals surface area contributed by atoms with Crippen LogP contribution >= 0.6 is 0 Å². The highest BCUT2D eigenvalue weighted by molar-refractivity contribution is 5.39. The number of halogens is 15. The van der Waals surface area contributed by atoms with E-state index < -0.39 is 66.3 Å². The van der Waals surface area contributed by atoms with E-state index >= 15 is 0 Å². The third-order valence-electron chi connectivity index (χ3n) is 4.54. The summed E-state index contributed by atoms with van der Waals surface area (Å²) in [6.45, 7) is -0.673. The first-order chi connectivity index (χ1) is 15.5. The van der Waals surface area contributed by atoms with Crippen LogP contribution in [0.5, 0.6) is 5.75 Å². The van der Waals surface area contributed by atoms with Crippen LogP contribution < -0.4 is 4.74 Å². The number of ether oxygens (including phenoxy) is 2. The molecule has 0 spiro atoms. The van der Waals surface area contributed by atoms with E-state index in [0.29, 0.717) is 0 Å². The molecule has 1 unspecified atom stereocenters. The predicted octanol–water partition coefficient (Wildman–Crippen LogP) is 6.67. The molecular weight excluding hydrogens is 537 g/mol. The Kier molecular flexibility index (Phi) is 7.96. The second kappa shape index (κ2) is 9.15. The van der Waals surface area contributed by atoms with Gasteiger partial charge in [0.15, 0.2) is 0 Å². The highest BCUT2D eigenvalue weighted by Gasteiger charge is 2.93. The Morgan fingerprint density at radius 1 is 0.686 bits per heavy atom. The van der Waals surface area contributed by atoms with E-state index in [1.54, 1.807) is 0 Å². The lowest BCUT2D eigenvalue weighted by molar-refractivity contribution is -0.453. The lowest BCUT2D eigenvalue weighted by atomic mass is 9.88. The summed E-state index contributed by atoms with van der Waals surface area (Å²) < 4.78 is 208. The van der Waals surface area contributed by atoms with Gasteiger partial charge in [0, 0.05) is 0 Å². The van der Waals surface area contributed by atoms with Crippen LogP contribution in [0.1, 0.15) is 18.1 Å². The van der Waals surface area contributed by atoms with E-state index in [-0.39, 0.29) is 5.75 Å². The Balaban J connectivity index is 3.51. The highest BCUT2D eigenvalue weighted by Crippen LogP contribution is 2.63. The van der Waals surface area contributed by atoms with Gasteiger partial charge in [0.1, 0.15) is 11.9 Å². The largest absolute Gasteiger partial charge is 0.497 e. The molecular formula is C17H11F15O3. The molecule has 1 rings (SSSR count). The number of hydrogen-bond donors (Lipinski definition) is 0. The summed E-state index contributed by atoms with van der Waals surface area (Å²) in [6, 6.07) is 3.36. The van der Waals surface area contributed by atoms with Crippen molar-refractivity contribution in [2.24, 2.45) is 0 Å². The lowest BCUT2D eigenvalue weighted by Gasteiger charge is -2.41. The zero-order valence-corrected chi connectivity index (χ0v) is 16.6. The fraction of sp³-hybridized carbons (Fsp3) is 0.588. The molecule has 1 aromatic carbocycles. The summed E-state index contributed by atoms with van der Waals surface area (Å²) >= 11 is 0. The normalized spacial score (nSPS) is 15.5. The highest BCUT2D eigenvalue weighted by atomic mass is 19.4. The second-order valence-corrected chi connectivity index (χ2v) is 6.77. The van der Waals surface area contributed by atoms with Crippen LogP contribution in [-0.4, -0.2) is 55.3 Å². The first-order valence-electron chi connectivity index (χ1n) is 8.53. The molecule has 0 radical (unpaired) electrons. The zero-order chi connectivity index (χ0) is 27.9. The van der Waals surface area contributed by atoms with Gasteiger partial charge in [-0.1, -0.05) is 12.1 Å². The fourth-order valence-electron chi connectivity index (χ4n) is 2.49. The van der Waals surface area contributed by atoms with E-state index in [9.17, 15) is 70.7 Å². The average molecular weight is 548 g/mol. The first-order valence-corrected chi connectivity index (χ1v) is 8.53. The molecule has 0 fully saturated rings. The summed E-state index contributed by atoms with van der Waals surface area (Å²) in [5.74, 6) is -47.2. The molecule has 35 heavy (non-hydrogen) atoms. The summed E-state index contributed by atoms with van der Waals surface area (Å²) in [5, 5.41) is 0. The Bertz CT molecular complexity index is 878. The molecule has 0 amide bonds. The van der Waals surface area contributed by atoms with Crippen LogP contribution in [0.2, 0.25) is 0 Å². The molecule has 0 aliphatic rings. The average Bonchev–Trinajstić information content (AvgIpc) is 2.71. The number of benzene rings is 1. The van der Waals surface area contributed by atoms with Gasteiger partial charge in [0.25, 0.3) is 6.47 Å². The van der Waals surface area contributed by atoms with Crippen molar-refractivity contribution in [2.45, 2.75) is 54.2 Å². The van der Waals surface area contributed by atoms with Crippen LogP contribution in [0.3, 0.4) is 0 Å². The van der Waals surface area contributed by atoms with Gasteiger partial charge >= 0.3 is 41.7 Å². The van der Waals surface area contributed by atoms with E-state index in [1.807, 2.05) is 0 Å². The van der Waals surface area contributed by atoms with Crippen molar-refractivity contribution in [2.75, 3.05) is 7.11 Å². The Morgan fingerprint density at radius 3 is 1.46 bits per heavy atom. The van der Waals surface area contributed by atoms with Gasteiger partial charge < -0.3 is 9.47 Å². The minimum atomic E-state index is -8.38. The van der Waals surface area contributed by atoms with Crippen molar-refractivity contribution in [3.8, 4) is 5.75 Å². The van der Waals surface area contributed by atoms with E-state index in [0.717, 1.165) is 31.4 Å². The molecule has 0 saturated carbocycles. The maximum atomic E-state index is 14.1. The van der Waals surface area contributed by atoms with Crippen molar-refractivity contribution < 1.29 is 80.1 Å². The van der Waals surface area contributed by atoms with Crippen LogP contribution in [0.15, 0.2) is 24.3 Å². The Labute approximate surface area is 184 Å². The molecule has 0 saturated heterocycles. The number of rotatable bonds is 11. The quantitative estimate of drug-likeness (QED) is 0.229. The lowest BCUT2D eigenvalue weighted by Crippen LogP contribution is -2.72. The number of alkyl halides is 15. The molecule has 0 heterocycles. The second-order valence-electron chi connectivity index (χ2n) is 6.77. The van der Waals surface area contributed by atoms with Gasteiger partial charge in [0.2, 0.25) is 0 Å². The summed E-state index contributed by atoms with van der Waals surface area (Å²) in [7, 11) is 1.10. The van der Waals surface area contributed by atoms with Crippen molar-refractivity contribution >= 4 is 6.47 Å². The van der Waals surface area contributed by atoms with Crippen LogP contribution in [0.4, 0.5) is 65.9 Å². The van der Waals surface area contributed by atoms with Crippen molar-refractivity contribution in [1.82, 2.24) is 0 Å². The van der Waals surface area contributed by atoms with Crippen molar-refractivity contribution in [1.29, 1.82) is 0 Å². The molecule has 3 nitrogen and oxygen atoms in total. The molecule has 0 bridgehead atoms. The number of methoxy groups -OCH3 is 1. The van der Waals surface area contributed by atoms with Crippen molar-refractivity contribution in [3.63, 3.8) is 0 Å². The van der Waals surface area contributed by atoms with E-state index in [1.165, 1.54) is 0 Å². The van der Waals surface area contributed by atoms with Crippen LogP contribution in [0, 0.1) is 0 Å². The van der Waals surface area contributed by atoms with E-state index in [2.05, 4.69) is 9.47 Å². The summed E-state index contributed by atoms with van der Waals surface area (Å²) in [6.07, 6.45) is -13.1. The van der Waals surface area contributed by atoms with Gasteiger partial charge in [-0.15, -0.1) is 0 Å². The van der Waals surface area contributed by atoms with Gasteiger partial charge in [0.05, 0.1) is 13.5 Å². The standard InChI is InChI=1S/C17H11F15O3/c1-34-9-4-2-8(3-5-9)10(35-7-33)6-11(18,19)12(20,21)13(22,23)14(24,25)15(26,27)16(28,29)17(30,31)32/h2-5,7,10H,6H2,1H3. The first kappa shape index (κ1) is 30.5.